The van der Waals surface area contributed by atoms with Gasteiger partial charge >= 0.3 is 6.36 Å². The highest BCUT2D eigenvalue weighted by Gasteiger charge is 2.31. The smallest absolute Gasteiger partial charge is 0.406 e. The molecule has 1 heterocycles. The highest BCUT2D eigenvalue weighted by molar-refractivity contribution is 7.28. The lowest BCUT2D eigenvalue weighted by Crippen LogP contribution is -2.37. The Morgan fingerprint density at radius 2 is 1.43 bits per heavy atom. The van der Waals surface area contributed by atoms with E-state index in [0.717, 1.165) is 11.4 Å². The summed E-state index contributed by atoms with van der Waals surface area (Å²) in [6.45, 7) is 7.05. The van der Waals surface area contributed by atoms with E-state index in [1.54, 1.807) is 23.5 Å². The molecule has 3 aromatic carbocycles. The van der Waals surface area contributed by atoms with Gasteiger partial charge in [-0.15, -0.1) is 24.5 Å². The van der Waals surface area contributed by atoms with Crippen molar-refractivity contribution in [2.45, 2.75) is 26.0 Å². The van der Waals surface area contributed by atoms with Crippen LogP contribution in [0.1, 0.15) is 0 Å². The summed E-state index contributed by atoms with van der Waals surface area (Å²) in [4.78, 5) is 2.00. The molecule has 0 aliphatic heterocycles. The quantitative estimate of drug-likeness (QED) is 0.306. The first-order valence-electron chi connectivity index (χ1n) is 9.59. The van der Waals surface area contributed by atoms with Gasteiger partial charge in [0.1, 0.15) is 5.75 Å². The molecule has 0 aliphatic carbocycles. The van der Waals surface area contributed by atoms with Crippen LogP contribution >= 0.6 is 11.3 Å². The molecule has 0 spiro atoms. The zero-order valence-corrected chi connectivity index (χ0v) is 19.0. The molecule has 4 rings (SSSR count). The van der Waals surface area contributed by atoms with Gasteiger partial charge in [-0.25, -0.2) is 0 Å². The predicted molar refractivity (Wildman–Crippen MR) is 123 cm³/mol. The normalized spacial score (nSPS) is 12.5. The van der Waals surface area contributed by atoms with Crippen molar-refractivity contribution in [1.82, 2.24) is 0 Å². The molecular weight excluding hydrogens is 423 g/mol. The van der Waals surface area contributed by atoms with Crippen molar-refractivity contribution in [2.24, 2.45) is 0 Å². The number of benzene rings is 3. The van der Waals surface area contributed by atoms with E-state index in [-0.39, 0.29) is 5.75 Å². The topological polar surface area (TPSA) is 12.5 Å². The summed E-state index contributed by atoms with van der Waals surface area (Å²) < 4.78 is 43.8. The summed E-state index contributed by atoms with van der Waals surface area (Å²) in [7, 11) is 0.425. The standard InChI is InChI=1S/C23H22F3NOSSi/c1-27(15-11-13-16(14-12-15)28-23(24,25)26)19-9-5-7-17-18-8-6-10-20(30(2,3)4)22(18)29-21(17)19/h5-14H,1-4H3. The van der Waals surface area contributed by atoms with Crippen LogP contribution < -0.4 is 14.8 Å². The van der Waals surface area contributed by atoms with Gasteiger partial charge in [0.05, 0.1) is 18.5 Å². The van der Waals surface area contributed by atoms with Crippen LogP contribution in [0, 0.1) is 0 Å². The van der Waals surface area contributed by atoms with E-state index in [4.69, 9.17) is 0 Å². The molecule has 0 fully saturated rings. The highest BCUT2D eigenvalue weighted by Crippen LogP contribution is 2.41. The van der Waals surface area contributed by atoms with Crippen LogP contribution in [0.5, 0.6) is 5.75 Å². The van der Waals surface area contributed by atoms with Crippen LogP contribution in [0.15, 0.2) is 60.7 Å². The summed E-state index contributed by atoms with van der Waals surface area (Å²) >= 11 is 1.80. The molecule has 0 saturated heterocycles. The number of halogens is 3. The monoisotopic (exact) mass is 445 g/mol. The maximum absolute atomic E-state index is 12.4. The average molecular weight is 446 g/mol. The number of nitrogens with zero attached hydrogens (tertiary/aromatic N) is 1. The van der Waals surface area contributed by atoms with E-state index in [0.29, 0.717) is 0 Å². The number of alkyl halides is 3. The molecule has 1 aromatic heterocycles. The first-order chi connectivity index (χ1) is 14.0. The summed E-state index contributed by atoms with van der Waals surface area (Å²) in [5.74, 6) is -0.223. The highest BCUT2D eigenvalue weighted by atomic mass is 32.1. The molecule has 0 saturated carbocycles. The van der Waals surface area contributed by atoms with E-state index in [9.17, 15) is 13.2 Å². The van der Waals surface area contributed by atoms with Gasteiger partial charge in [0.2, 0.25) is 0 Å². The van der Waals surface area contributed by atoms with Crippen LogP contribution in [0.2, 0.25) is 19.6 Å². The van der Waals surface area contributed by atoms with Crippen LogP contribution in [0.25, 0.3) is 20.2 Å². The fourth-order valence-electron chi connectivity index (χ4n) is 3.67. The average Bonchev–Trinajstić information content (AvgIpc) is 3.04. The second kappa shape index (κ2) is 7.32. The Hall–Kier alpha value is -2.51. The Morgan fingerprint density at radius 3 is 2.03 bits per heavy atom. The largest absolute Gasteiger partial charge is 0.573 e. The number of fused-ring (bicyclic) bond motifs is 3. The second-order valence-electron chi connectivity index (χ2n) is 8.29. The van der Waals surface area contributed by atoms with Crippen molar-refractivity contribution >= 4 is 56.1 Å². The van der Waals surface area contributed by atoms with E-state index in [1.165, 1.54) is 37.5 Å². The van der Waals surface area contributed by atoms with Crippen molar-refractivity contribution in [3.8, 4) is 5.75 Å². The molecule has 0 aliphatic rings. The predicted octanol–water partition coefficient (Wildman–Crippen LogP) is 7.27. The number of hydrogen-bond acceptors (Lipinski definition) is 3. The maximum atomic E-state index is 12.4. The Kier molecular flexibility index (Phi) is 5.06. The molecule has 0 N–H and O–H groups in total. The lowest BCUT2D eigenvalue weighted by molar-refractivity contribution is -0.274. The van der Waals surface area contributed by atoms with Gasteiger partial charge in [0.15, 0.2) is 0 Å². The molecule has 4 aromatic rings. The van der Waals surface area contributed by atoms with Gasteiger partial charge in [-0.3, -0.25) is 0 Å². The summed E-state index contributed by atoms with van der Waals surface area (Å²) in [6.07, 6.45) is -4.69. The van der Waals surface area contributed by atoms with E-state index in [1.807, 2.05) is 24.1 Å². The van der Waals surface area contributed by atoms with Crippen LogP contribution in [-0.2, 0) is 0 Å². The van der Waals surface area contributed by atoms with E-state index >= 15 is 0 Å². The minimum atomic E-state index is -4.69. The molecule has 2 nitrogen and oxygen atoms in total. The van der Waals surface area contributed by atoms with E-state index < -0.39 is 14.4 Å². The van der Waals surface area contributed by atoms with E-state index in [2.05, 4.69) is 48.6 Å². The molecule has 0 bridgehead atoms. The molecule has 0 amide bonds. The zero-order chi connectivity index (χ0) is 21.7. The van der Waals surface area contributed by atoms with Crippen molar-refractivity contribution in [2.75, 3.05) is 11.9 Å². The number of anilines is 2. The van der Waals surface area contributed by atoms with Gasteiger partial charge in [0, 0.05) is 28.2 Å². The molecule has 0 radical (unpaired) electrons. The number of rotatable bonds is 4. The first-order valence-corrected chi connectivity index (χ1v) is 13.9. The SMILES string of the molecule is CN(c1ccc(OC(F)(F)F)cc1)c1cccc2c1sc1c([Si](C)(C)C)cccc12. The van der Waals surface area contributed by atoms with Crippen molar-refractivity contribution in [1.29, 1.82) is 0 Å². The third kappa shape index (κ3) is 3.91. The summed E-state index contributed by atoms with van der Waals surface area (Å²) in [5.41, 5.74) is 1.82. The molecule has 7 heteroatoms. The van der Waals surface area contributed by atoms with Gasteiger partial charge in [-0.2, -0.15) is 0 Å². The lowest BCUT2D eigenvalue weighted by atomic mass is 10.1. The number of hydrogen-bond donors (Lipinski definition) is 0. The molecule has 156 valence electrons. The third-order valence-electron chi connectivity index (χ3n) is 5.13. The fraction of sp³-hybridized carbons (Fsp3) is 0.217. The van der Waals surface area contributed by atoms with Gasteiger partial charge in [-0.05, 0) is 35.5 Å². The molecule has 0 unspecified atom stereocenters. The van der Waals surface area contributed by atoms with Gasteiger partial charge in [-0.1, -0.05) is 50.0 Å². The fourth-order valence-corrected chi connectivity index (χ4v) is 7.42. The Morgan fingerprint density at radius 1 is 0.833 bits per heavy atom. The summed E-state index contributed by atoms with van der Waals surface area (Å²) in [6, 6.07) is 18.7. The maximum Gasteiger partial charge on any atom is 0.573 e. The Balaban J connectivity index is 1.79. The lowest BCUT2D eigenvalue weighted by Gasteiger charge is -2.21. The van der Waals surface area contributed by atoms with Crippen molar-refractivity contribution in [3.05, 3.63) is 60.7 Å². The Bertz CT molecular complexity index is 1210. The number of thiophene rings is 1. The molecule has 0 atom stereocenters. The van der Waals surface area contributed by atoms with Crippen molar-refractivity contribution in [3.63, 3.8) is 0 Å². The molecule has 30 heavy (non-hydrogen) atoms. The third-order valence-corrected chi connectivity index (χ3v) is 8.62. The zero-order valence-electron chi connectivity index (χ0n) is 17.2. The van der Waals surface area contributed by atoms with Crippen LogP contribution in [-0.4, -0.2) is 21.5 Å². The van der Waals surface area contributed by atoms with Gasteiger partial charge in [0.25, 0.3) is 0 Å². The van der Waals surface area contributed by atoms with Crippen molar-refractivity contribution < 1.29 is 17.9 Å². The summed E-state index contributed by atoms with van der Waals surface area (Å²) in [5, 5.41) is 3.92. The molecular formula is C23H22F3NOSSi. The number of ether oxygens (including phenoxy) is 1. The minimum Gasteiger partial charge on any atom is -0.406 e. The first kappa shape index (κ1) is 20.7. The van der Waals surface area contributed by atoms with Crippen LogP contribution in [0.4, 0.5) is 24.5 Å². The Labute approximate surface area is 178 Å². The van der Waals surface area contributed by atoms with Crippen LogP contribution in [0.3, 0.4) is 0 Å². The minimum absolute atomic E-state index is 0.223. The second-order valence-corrected chi connectivity index (χ2v) is 14.3. The van der Waals surface area contributed by atoms with Gasteiger partial charge < -0.3 is 9.64 Å².